The van der Waals surface area contributed by atoms with Crippen molar-refractivity contribution in [2.75, 3.05) is 25.0 Å². The van der Waals surface area contributed by atoms with Crippen molar-refractivity contribution in [1.29, 1.82) is 0 Å². The van der Waals surface area contributed by atoms with E-state index in [2.05, 4.69) is 19.2 Å². The number of likely N-dealkylation sites (tertiary alicyclic amines) is 1. The smallest absolute Gasteiger partial charge is 0.311 e. The Morgan fingerprint density at radius 2 is 2.08 bits per heavy atom. The van der Waals surface area contributed by atoms with Gasteiger partial charge in [-0.1, -0.05) is 38.5 Å². The molecule has 1 amide bonds. The number of rotatable bonds is 5. The van der Waals surface area contributed by atoms with Gasteiger partial charge in [-0.2, -0.15) is 0 Å². The number of fused-ring (bicyclic) bond motifs is 1. The number of carbonyl (C=O) groups excluding carboxylic acids is 1. The van der Waals surface area contributed by atoms with Crippen LogP contribution in [-0.2, 0) is 9.59 Å². The maximum atomic E-state index is 12.4. The summed E-state index contributed by atoms with van der Waals surface area (Å²) in [6, 6.07) is 7.84. The molecule has 2 N–H and O–H groups in total. The molecule has 2 atom stereocenters. The molecule has 1 heterocycles. The minimum absolute atomic E-state index is 0. The van der Waals surface area contributed by atoms with E-state index in [1.165, 1.54) is 0 Å². The quantitative estimate of drug-likeness (QED) is 0.838. The maximum Gasteiger partial charge on any atom is 0.311 e. The predicted octanol–water partition coefficient (Wildman–Crippen LogP) is 3.36. The number of aliphatic carboxylic acids is 1. The van der Waals surface area contributed by atoms with Crippen LogP contribution in [-0.4, -0.2) is 41.5 Å². The number of carboxylic acids is 1. The van der Waals surface area contributed by atoms with Crippen molar-refractivity contribution in [2.45, 2.75) is 39.0 Å². The highest BCUT2D eigenvalue weighted by molar-refractivity contribution is 5.93. The van der Waals surface area contributed by atoms with E-state index in [-0.39, 0.29) is 30.8 Å². The zero-order chi connectivity index (χ0) is 17.3. The number of nitrogens with zero attached hydrogens (tertiary/aromatic N) is 1. The minimum atomic E-state index is -0.696. The Labute approximate surface area is 155 Å². The first-order valence-electron chi connectivity index (χ1n) is 8.77. The summed E-state index contributed by atoms with van der Waals surface area (Å²) in [5.41, 5.74) is 1.34. The lowest BCUT2D eigenvalue weighted by atomic mass is 9.81. The fraction of sp³-hybridized carbons (Fsp3) is 0.579. The molecule has 5 nitrogen and oxygen atoms in total. The second-order valence-electron chi connectivity index (χ2n) is 7.51. The summed E-state index contributed by atoms with van der Waals surface area (Å²) in [5.74, 6) is -0.240. The molecule has 1 aromatic carbocycles. The standard InChI is InChI=1S/C19H26N2O3.ClH/c1-13(2)15-7-3-4-8-16(15)20-17(22)11-21-10-14-6-5-9-19(14,12-21)18(23)24;/h3-4,7-8,13-14H,5-6,9-12H2,1-2H3,(H,20,22)(H,23,24);1H/t14-,19+;/m0./s1. The molecule has 0 aromatic heterocycles. The van der Waals surface area contributed by atoms with Gasteiger partial charge in [-0.15, -0.1) is 12.4 Å². The molecular weight excluding hydrogens is 340 g/mol. The van der Waals surface area contributed by atoms with Gasteiger partial charge < -0.3 is 10.4 Å². The second kappa shape index (κ2) is 7.75. The number of halogens is 1. The summed E-state index contributed by atoms with van der Waals surface area (Å²) in [7, 11) is 0. The molecular formula is C19H27ClN2O3. The Kier molecular flexibility index (Phi) is 6.12. The van der Waals surface area contributed by atoms with Crippen molar-refractivity contribution in [3.63, 3.8) is 0 Å². The molecule has 25 heavy (non-hydrogen) atoms. The average Bonchev–Trinajstić information content (AvgIpc) is 3.05. The largest absolute Gasteiger partial charge is 0.481 e. The number of para-hydroxylation sites is 1. The van der Waals surface area contributed by atoms with Crippen LogP contribution < -0.4 is 5.32 Å². The van der Waals surface area contributed by atoms with Crippen molar-refractivity contribution in [3.05, 3.63) is 29.8 Å². The molecule has 1 aromatic rings. The van der Waals surface area contributed by atoms with Gasteiger partial charge in [0, 0.05) is 18.8 Å². The van der Waals surface area contributed by atoms with Crippen molar-refractivity contribution in [1.82, 2.24) is 4.90 Å². The van der Waals surface area contributed by atoms with Gasteiger partial charge >= 0.3 is 5.97 Å². The van der Waals surface area contributed by atoms with E-state index >= 15 is 0 Å². The number of anilines is 1. The number of carboxylic acid groups (broad SMARTS) is 1. The molecule has 1 saturated heterocycles. The summed E-state index contributed by atoms with van der Waals surface area (Å²) < 4.78 is 0. The zero-order valence-electron chi connectivity index (χ0n) is 14.8. The monoisotopic (exact) mass is 366 g/mol. The fourth-order valence-corrected chi connectivity index (χ4v) is 4.37. The van der Waals surface area contributed by atoms with Crippen molar-refractivity contribution < 1.29 is 14.7 Å². The summed E-state index contributed by atoms with van der Waals surface area (Å²) in [4.78, 5) is 26.2. The third-order valence-corrected chi connectivity index (χ3v) is 5.59. The highest BCUT2D eigenvalue weighted by Gasteiger charge is 2.54. The fourth-order valence-electron chi connectivity index (χ4n) is 4.37. The number of benzene rings is 1. The highest BCUT2D eigenvalue weighted by atomic mass is 35.5. The van der Waals surface area contributed by atoms with Gasteiger partial charge in [0.1, 0.15) is 0 Å². The van der Waals surface area contributed by atoms with Gasteiger partial charge in [-0.25, -0.2) is 0 Å². The zero-order valence-corrected chi connectivity index (χ0v) is 15.6. The minimum Gasteiger partial charge on any atom is -0.481 e. The van der Waals surface area contributed by atoms with E-state index in [9.17, 15) is 14.7 Å². The molecule has 0 unspecified atom stereocenters. The van der Waals surface area contributed by atoms with Crippen LogP contribution in [0.15, 0.2) is 24.3 Å². The SMILES string of the molecule is CC(C)c1ccccc1NC(=O)CN1C[C@@H]2CCC[C@@]2(C(=O)O)C1.Cl. The molecule has 1 aliphatic carbocycles. The lowest BCUT2D eigenvalue weighted by molar-refractivity contribution is -0.149. The normalized spacial score (nSPS) is 25.5. The van der Waals surface area contributed by atoms with Gasteiger partial charge in [0.2, 0.25) is 5.91 Å². The molecule has 2 aliphatic rings. The van der Waals surface area contributed by atoms with E-state index in [0.717, 1.165) is 30.5 Å². The number of nitrogens with one attached hydrogen (secondary N) is 1. The van der Waals surface area contributed by atoms with Crippen LogP contribution in [0.25, 0.3) is 0 Å². The van der Waals surface area contributed by atoms with Gasteiger partial charge in [0.05, 0.1) is 12.0 Å². The van der Waals surface area contributed by atoms with Gasteiger partial charge in [0.15, 0.2) is 0 Å². The van der Waals surface area contributed by atoms with Crippen LogP contribution in [0.5, 0.6) is 0 Å². The Bertz CT molecular complexity index is 649. The van der Waals surface area contributed by atoms with E-state index in [1.807, 2.05) is 29.2 Å². The third kappa shape index (κ3) is 3.82. The predicted molar refractivity (Wildman–Crippen MR) is 100 cm³/mol. The van der Waals surface area contributed by atoms with Crippen molar-refractivity contribution in [2.24, 2.45) is 11.3 Å². The molecule has 0 bridgehead atoms. The van der Waals surface area contributed by atoms with Crippen LogP contribution in [0.3, 0.4) is 0 Å². The average molecular weight is 367 g/mol. The Hall–Kier alpha value is -1.59. The summed E-state index contributed by atoms with van der Waals surface area (Å²) in [6.45, 7) is 5.67. The number of carbonyl (C=O) groups is 2. The first-order chi connectivity index (χ1) is 11.4. The number of hydrogen-bond acceptors (Lipinski definition) is 3. The van der Waals surface area contributed by atoms with Crippen LogP contribution in [0.1, 0.15) is 44.6 Å². The molecule has 3 rings (SSSR count). The van der Waals surface area contributed by atoms with Crippen LogP contribution >= 0.6 is 12.4 Å². The molecule has 6 heteroatoms. The first-order valence-corrected chi connectivity index (χ1v) is 8.77. The van der Waals surface area contributed by atoms with Crippen LogP contribution in [0, 0.1) is 11.3 Å². The Morgan fingerprint density at radius 3 is 2.72 bits per heavy atom. The van der Waals surface area contributed by atoms with E-state index in [4.69, 9.17) is 0 Å². The maximum absolute atomic E-state index is 12.4. The van der Waals surface area contributed by atoms with Crippen LogP contribution in [0.4, 0.5) is 5.69 Å². The number of hydrogen-bond donors (Lipinski definition) is 2. The highest BCUT2D eigenvalue weighted by Crippen LogP contribution is 2.48. The van der Waals surface area contributed by atoms with E-state index in [0.29, 0.717) is 19.0 Å². The summed E-state index contributed by atoms with van der Waals surface area (Å²) >= 11 is 0. The Morgan fingerprint density at radius 1 is 1.36 bits per heavy atom. The molecule has 138 valence electrons. The van der Waals surface area contributed by atoms with E-state index < -0.39 is 11.4 Å². The molecule has 1 saturated carbocycles. The van der Waals surface area contributed by atoms with Gasteiger partial charge in [-0.05, 0) is 36.3 Å². The topological polar surface area (TPSA) is 69.6 Å². The molecule has 0 radical (unpaired) electrons. The molecule has 2 fully saturated rings. The lowest BCUT2D eigenvalue weighted by Crippen LogP contribution is -2.37. The number of amides is 1. The van der Waals surface area contributed by atoms with Crippen molar-refractivity contribution >= 4 is 30.0 Å². The lowest BCUT2D eigenvalue weighted by Gasteiger charge is -2.23. The third-order valence-electron chi connectivity index (χ3n) is 5.59. The van der Waals surface area contributed by atoms with Gasteiger partial charge in [-0.3, -0.25) is 14.5 Å². The Balaban J connectivity index is 0.00000225. The first kappa shape index (κ1) is 19.7. The summed E-state index contributed by atoms with van der Waals surface area (Å²) in [6.07, 6.45) is 2.68. The summed E-state index contributed by atoms with van der Waals surface area (Å²) in [5, 5.41) is 12.6. The van der Waals surface area contributed by atoms with E-state index in [1.54, 1.807) is 0 Å². The van der Waals surface area contributed by atoms with Crippen LogP contribution in [0.2, 0.25) is 0 Å². The molecule has 0 spiro atoms. The molecule has 1 aliphatic heterocycles. The second-order valence-corrected chi connectivity index (χ2v) is 7.51. The van der Waals surface area contributed by atoms with Gasteiger partial charge in [0.25, 0.3) is 0 Å². The van der Waals surface area contributed by atoms with Crippen molar-refractivity contribution in [3.8, 4) is 0 Å².